The van der Waals surface area contributed by atoms with E-state index in [0.717, 1.165) is 38.5 Å². The van der Waals surface area contributed by atoms with E-state index in [1.54, 1.807) is 0 Å². The van der Waals surface area contributed by atoms with Gasteiger partial charge >= 0.3 is 6.09 Å². The van der Waals surface area contributed by atoms with E-state index in [1.807, 2.05) is 4.90 Å². The first-order chi connectivity index (χ1) is 7.29. The number of carbonyl (C=O) groups excluding carboxylic acids is 1. The minimum atomic E-state index is -0.165. The highest BCUT2D eigenvalue weighted by Gasteiger charge is 2.29. The lowest BCUT2D eigenvalue weighted by molar-refractivity contribution is 0.131. The second-order valence-corrected chi connectivity index (χ2v) is 4.67. The van der Waals surface area contributed by atoms with Crippen LogP contribution >= 0.6 is 0 Å². The Morgan fingerprint density at radius 2 is 2.33 bits per heavy atom. The first-order valence-electron chi connectivity index (χ1n) is 5.83. The number of carbonyl (C=O) groups is 1. The highest BCUT2D eigenvalue weighted by molar-refractivity contribution is 5.67. The van der Waals surface area contributed by atoms with E-state index < -0.39 is 0 Å². The maximum Gasteiger partial charge on any atom is 0.409 e. The average Bonchev–Trinajstić information content (AvgIpc) is 2.88. The van der Waals surface area contributed by atoms with Gasteiger partial charge < -0.3 is 15.0 Å². The maximum atomic E-state index is 11.3. The molecule has 0 aromatic heterocycles. The molecule has 2 rings (SSSR count). The summed E-state index contributed by atoms with van der Waals surface area (Å²) in [6.07, 6.45) is 3.54. The molecule has 4 nitrogen and oxygen atoms in total. The van der Waals surface area contributed by atoms with E-state index in [2.05, 4.69) is 5.32 Å². The number of nitrogens with one attached hydrogen (secondary N) is 1. The molecule has 0 aromatic rings. The molecular formula is C11H20N2O2. The number of likely N-dealkylation sites (tertiary alicyclic amines) is 1. The second-order valence-electron chi connectivity index (χ2n) is 4.67. The topological polar surface area (TPSA) is 41.6 Å². The van der Waals surface area contributed by atoms with Crippen LogP contribution in [0.5, 0.6) is 0 Å². The Morgan fingerprint density at radius 3 is 3.00 bits per heavy atom. The fourth-order valence-corrected chi connectivity index (χ4v) is 2.71. The molecule has 0 radical (unpaired) electrons. The molecule has 2 heterocycles. The van der Waals surface area contributed by atoms with E-state index in [1.165, 1.54) is 20.0 Å². The number of amides is 1. The Hall–Kier alpha value is -0.770. The van der Waals surface area contributed by atoms with Crippen molar-refractivity contribution in [1.82, 2.24) is 10.2 Å². The SMILES string of the molecule is COC(=O)N1CCC(CC2CCNC2)C1. The molecule has 0 aromatic carbocycles. The van der Waals surface area contributed by atoms with Gasteiger partial charge in [0.15, 0.2) is 0 Å². The van der Waals surface area contributed by atoms with Crippen molar-refractivity contribution in [2.75, 3.05) is 33.3 Å². The number of rotatable bonds is 2. The van der Waals surface area contributed by atoms with E-state index in [0.29, 0.717) is 5.92 Å². The summed E-state index contributed by atoms with van der Waals surface area (Å²) < 4.78 is 4.73. The zero-order valence-corrected chi connectivity index (χ0v) is 9.37. The normalized spacial score (nSPS) is 30.9. The zero-order chi connectivity index (χ0) is 10.7. The van der Waals surface area contributed by atoms with Crippen LogP contribution in [0, 0.1) is 11.8 Å². The number of hydrogen-bond acceptors (Lipinski definition) is 3. The van der Waals surface area contributed by atoms with Crippen molar-refractivity contribution in [3.05, 3.63) is 0 Å². The fraction of sp³-hybridized carbons (Fsp3) is 0.909. The highest BCUT2D eigenvalue weighted by atomic mass is 16.5. The largest absolute Gasteiger partial charge is 0.453 e. The summed E-state index contributed by atoms with van der Waals surface area (Å²) in [6.45, 7) is 4.09. The second kappa shape index (κ2) is 4.84. The minimum Gasteiger partial charge on any atom is -0.453 e. The predicted molar refractivity (Wildman–Crippen MR) is 57.7 cm³/mol. The molecule has 2 unspecified atom stereocenters. The van der Waals surface area contributed by atoms with Crippen LogP contribution in [0.15, 0.2) is 0 Å². The van der Waals surface area contributed by atoms with Gasteiger partial charge in [-0.25, -0.2) is 4.79 Å². The van der Waals surface area contributed by atoms with Gasteiger partial charge in [0.1, 0.15) is 0 Å². The molecule has 2 saturated heterocycles. The van der Waals surface area contributed by atoms with Gasteiger partial charge in [-0.05, 0) is 44.2 Å². The molecule has 2 aliphatic rings. The van der Waals surface area contributed by atoms with Crippen LogP contribution in [0.1, 0.15) is 19.3 Å². The van der Waals surface area contributed by atoms with Crippen molar-refractivity contribution in [3.8, 4) is 0 Å². The molecule has 86 valence electrons. The van der Waals surface area contributed by atoms with Crippen LogP contribution in [-0.2, 0) is 4.74 Å². The Morgan fingerprint density at radius 1 is 1.47 bits per heavy atom. The molecule has 0 spiro atoms. The molecule has 0 saturated carbocycles. The van der Waals surface area contributed by atoms with Crippen LogP contribution in [0.2, 0.25) is 0 Å². The van der Waals surface area contributed by atoms with Crippen molar-refractivity contribution in [1.29, 1.82) is 0 Å². The quantitative estimate of drug-likeness (QED) is 0.744. The Bertz CT molecular complexity index is 227. The van der Waals surface area contributed by atoms with E-state index in [9.17, 15) is 4.79 Å². The van der Waals surface area contributed by atoms with Gasteiger partial charge in [0.25, 0.3) is 0 Å². The van der Waals surface area contributed by atoms with Crippen LogP contribution in [0.25, 0.3) is 0 Å². The van der Waals surface area contributed by atoms with E-state index in [-0.39, 0.29) is 6.09 Å². The van der Waals surface area contributed by atoms with Crippen molar-refractivity contribution >= 4 is 6.09 Å². The third-order valence-corrected chi connectivity index (χ3v) is 3.55. The van der Waals surface area contributed by atoms with Crippen LogP contribution in [0.4, 0.5) is 4.79 Å². The molecule has 4 heteroatoms. The molecule has 0 aliphatic carbocycles. The van der Waals surface area contributed by atoms with Gasteiger partial charge in [-0.2, -0.15) is 0 Å². The van der Waals surface area contributed by atoms with Crippen LogP contribution in [-0.4, -0.2) is 44.3 Å². The molecule has 2 fully saturated rings. The van der Waals surface area contributed by atoms with Crippen LogP contribution in [0.3, 0.4) is 0 Å². The fourth-order valence-electron chi connectivity index (χ4n) is 2.71. The lowest BCUT2D eigenvalue weighted by Crippen LogP contribution is -2.28. The summed E-state index contributed by atoms with van der Waals surface area (Å²) >= 11 is 0. The number of ether oxygens (including phenoxy) is 1. The van der Waals surface area contributed by atoms with Gasteiger partial charge in [-0.15, -0.1) is 0 Å². The highest BCUT2D eigenvalue weighted by Crippen LogP contribution is 2.26. The summed E-state index contributed by atoms with van der Waals surface area (Å²) in [5.74, 6) is 1.52. The average molecular weight is 212 g/mol. The first-order valence-corrected chi connectivity index (χ1v) is 5.83. The van der Waals surface area contributed by atoms with Crippen molar-refractivity contribution in [2.45, 2.75) is 19.3 Å². The minimum absolute atomic E-state index is 0.165. The summed E-state index contributed by atoms with van der Waals surface area (Å²) in [5.41, 5.74) is 0. The first kappa shape index (κ1) is 10.7. The van der Waals surface area contributed by atoms with Crippen LogP contribution < -0.4 is 5.32 Å². The molecule has 2 aliphatic heterocycles. The Kier molecular flexibility index (Phi) is 3.46. The third kappa shape index (κ3) is 2.62. The van der Waals surface area contributed by atoms with Crippen molar-refractivity contribution in [2.24, 2.45) is 11.8 Å². The van der Waals surface area contributed by atoms with Gasteiger partial charge in [-0.3, -0.25) is 0 Å². The molecule has 1 N–H and O–H groups in total. The Labute approximate surface area is 91.0 Å². The monoisotopic (exact) mass is 212 g/mol. The summed E-state index contributed by atoms with van der Waals surface area (Å²) in [4.78, 5) is 13.1. The van der Waals surface area contributed by atoms with E-state index >= 15 is 0 Å². The number of methoxy groups -OCH3 is 1. The standard InChI is InChI=1S/C11H20N2O2/c1-15-11(14)13-5-3-10(8-13)6-9-2-4-12-7-9/h9-10,12H,2-8H2,1H3. The van der Waals surface area contributed by atoms with Crippen molar-refractivity contribution in [3.63, 3.8) is 0 Å². The molecule has 0 bridgehead atoms. The molecule has 15 heavy (non-hydrogen) atoms. The summed E-state index contributed by atoms with van der Waals surface area (Å²) in [5, 5.41) is 3.39. The lowest BCUT2D eigenvalue weighted by Gasteiger charge is -2.16. The van der Waals surface area contributed by atoms with Crippen molar-refractivity contribution < 1.29 is 9.53 Å². The van der Waals surface area contributed by atoms with Gasteiger partial charge in [0.2, 0.25) is 0 Å². The number of hydrogen-bond donors (Lipinski definition) is 1. The summed E-state index contributed by atoms with van der Waals surface area (Å²) in [6, 6.07) is 0. The zero-order valence-electron chi connectivity index (χ0n) is 9.37. The number of nitrogens with zero attached hydrogens (tertiary/aromatic N) is 1. The van der Waals surface area contributed by atoms with E-state index in [4.69, 9.17) is 4.74 Å². The smallest absolute Gasteiger partial charge is 0.409 e. The van der Waals surface area contributed by atoms with Gasteiger partial charge in [-0.1, -0.05) is 0 Å². The predicted octanol–water partition coefficient (Wildman–Crippen LogP) is 1.07. The van der Waals surface area contributed by atoms with Gasteiger partial charge in [0.05, 0.1) is 7.11 Å². The molecular weight excluding hydrogens is 192 g/mol. The maximum absolute atomic E-state index is 11.3. The summed E-state index contributed by atoms with van der Waals surface area (Å²) in [7, 11) is 1.45. The third-order valence-electron chi connectivity index (χ3n) is 3.55. The lowest BCUT2D eigenvalue weighted by atomic mass is 9.93. The van der Waals surface area contributed by atoms with Gasteiger partial charge in [0, 0.05) is 13.1 Å². The Balaban J connectivity index is 1.74. The molecule has 2 atom stereocenters. The molecule has 1 amide bonds.